The van der Waals surface area contributed by atoms with Crippen LogP contribution in [0.3, 0.4) is 0 Å². The van der Waals surface area contributed by atoms with Crippen LogP contribution in [0.1, 0.15) is 26.7 Å². The van der Waals surface area contributed by atoms with E-state index in [1.165, 1.54) is 0 Å². The summed E-state index contributed by atoms with van der Waals surface area (Å²) in [6.07, 6.45) is 1.11. The summed E-state index contributed by atoms with van der Waals surface area (Å²) in [4.78, 5) is 13.3. The van der Waals surface area contributed by atoms with E-state index in [4.69, 9.17) is 21.6 Å². The summed E-state index contributed by atoms with van der Waals surface area (Å²) in [5, 5.41) is 7.96. The van der Waals surface area contributed by atoms with Crippen molar-refractivity contribution in [3.63, 3.8) is 0 Å². The number of halogens is 1. The number of carbonyl (C=O) groups excluding carboxylic acids is 1. The SMILES string of the molecule is CCOCCCN(CCC#N)C(=O)C(C)Cl. The van der Waals surface area contributed by atoms with Crippen molar-refractivity contribution in [2.45, 2.75) is 32.1 Å². The van der Waals surface area contributed by atoms with Crippen LogP contribution in [0.25, 0.3) is 0 Å². The molecule has 0 rings (SSSR count). The first-order valence-electron chi connectivity index (χ1n) is 5.51. The van der Waals surface area contributed by atoms with Crippen LogP contribution in [0.2, 0.25) is 0 Å². The molecule has 0 heterocycles. The Morgan fingerprint density at radius 2 is 2.25 bits per heavy atom. The summed E-state index contributed by atoms with van der Waals surface area (Å²) < 4.78 is 5.19. The number of amides is 1. The topological polar surface area (TPSA) is 53.3 Å². The van der Waals surface area contributed by atoms with Crippen molar-refractivity contribution in [1.29, 1.82) is 5.26 Å². The van der Waals surface area contributed by atoms with Crippen molar-refractivity contribution < 1.29 is 9.53 Å². The normalized spacial score (nSPS) is 11.9. The van der Waals surface area contributed by atoms with E-state index in [9.17, 15) is 4.79 Å². The molecule has 92 valence electrons. The number of nitrogens with zero attached hydrogens (tertiary/aromatic N) is 2. The van der Waals surface area contributed by atoms with Crippen LogP contribution in [0, 0.1) is 11.3 Å². The highest BCUT2D eigenvalue weighted by molar-refractivity contribution is 6.30. The van der Waals surface area contributed by atoms with Crippen molar-refractivity contribution >= 4 is 17.5 Å². The number of carbonyl (C=O) groups is 1. The van der Waals surface area contributed by atoms with Gasteiger partial charge in [0.15, 0.2) is 0 Å². The average Bonchev–Trinajstić information content (AvgIpc) is 2.27. The van der Waals surface area contributed by atoms with Gasteiger partial charge in [-0.1, -0.05) is 0 Å². The lowest BCUT2D eigenvalue weighted by Crippen LogP contribution is -2.37. The number of nitriles is 1. The van der Waals surface area contributed by atoms with E-state index in [1.807, 2.05) is 13.0 Å². The van der Waals surface area contributed by atoms with Gasteiger partial charge in [-0.05, 0) is 20.3 Å². The maximum atomic E-state index is 11.7. The van der Waals surface area contributed by atoms with Crippen molar-refractivity contribution in [2.75, 3.05) is 26.3 Å². The molecule has 0 spiro atoms. The van der Waals surface area contributed by atoms with Crippen LogP contribution in [-0.2, 0) is 9.53 Å². The van der Waals surface area contributed by atoms with Crippen LogP contribution in [-0.4, -0.2) is 42.5 Å². The fourth-order valence-corrected chi connectivity index (χ4v) is 1.41. The van der Waals surface area contributed by atoms with Crippen LogP contribution in [0.5, 0.6) is 0 Å². The molecule has 0 radical (unpaired) electrons. The maximum Gasteiger partial charge on any atom is 0.240 e. The summed E-state index contributed by atoms with van der Waals surface area (Å²) in [5.41, 5.74) is 0. The monoisotopic (exact) mass is 246 g/mol. The standard InChI is InChI=1S/C11H19ClN2O2/c1-3-16-9-5-8-14(7-4-6-13)11(15)10(2)12/h10H,3-5,7-9H2,1-2H3. The van der Waals surface area contributed by atoms with Gasteiger partial charge in [-0.15, -0.1) is 11.6 Å². The first-order valence-corrected chi connectivity index (χ1v) is 5.94. The van der Waals surface area contributed by atoms with E-state index in [1.54, 1.807) is 11.8 Å². The number of hydrogen-bond acceptors (Lipinski definition) is 3. The largest absolute Gasteiger partial charge is 0.382 e. The van der Waals surface area contributed by atoms with Crippen molar-refractivity contribution in [2.24, 2.45) is 0 Å². The predicted molar refractivity (Wildman–Crippen MR) is 63.2 cm³/mol. The zero-order chi connectivity index (χ0) is 12.4. The van der Waals surface area contributed by atoms with Gasteiger partial charge in [0, 0.05) is 26.3 Å². The van der Waals surface area contributed by atoms with E-state index in [0.29, 0.717) is 32.7 Å². The van der Waals surface area contributed by atoms with Gasteiger partial charge in [0.05, 0.1) is 12.5 Å². The number of alkyl halides is 1. The third-order valence-corrected chi connectivity index (χ3v) is 2.25. The molecule has 0 fully saturated rings. The van der Waals surface area contributed by atoms with Crippen LogP contribution in [0.15, 0.2) is 0 Å². The minimum atomic E-state index is -0.536. The molecule has 0 aromatic heterocycles. The zero-order valence-corrected chi connectivity index (χ0v) is 10.7. The Labute approximate surface area is 102 Å². The molecule has 4 nitrogen and oxygen atoms in total. The third-order valence-electron chi connectivity index (χ3n) is 2.07. The highest BCUT2D eigenvalue weighted by atomic mass is 35.5. The third kappa shape index (κ3) is 6.65. The number of ether oxygens (including phenoxy) is 1. The molecule has 0 aromatic rings. The van der Waals surface area contributed by atoms with E-state index in [2.05, 4.69) is 0 Å². The molecule has 0 bridgehead atoms. The molecular weight excluding hydrogens is 228 g/mol. The van der Waals surface area contributed by atoms with E-state index < -0.39 is 5.38 Å². The fourth-order valence-electron chi connectivity index (χ4n) is 1.27. The maximum absolute atomic E-state index is 11.7. The average molecular weight is 247 g/mol. The Morgan fingerprint density at radius 3 is 2.75 bits per heavy atom. The first kappa shape index (κ1) is 15.2. The summed E-state index contributed by atoms with van der Waals surface area (Å²) in [7, 11) is 0. The van der Waals surface area contributed by atoms with Gasteiger partial charge < -0.3 is 9.64 Å². The molecule has 5 heteroatoms. The van der Waals surface area contributed by atoms with Crippen molar-refractivity contribution in [3.05, 3.63) is 0 Å². The molecule has 16 heavy (non-hydrogen) atoms. The molecule has 1 unspecified atom stereocenters. The van der Waals surface area contributed by atoms with Crippen molar-refractivity contribution in [3.8, 4) is 6.07 Å². The Bertz CT molecular complexity index is 239. The lowest BCUT2D eigenvalue weighted by molar-refractivity contribution is -0.130. The summed E-state index contributed by atoms with van der Waals surface area (Å²) in [5.74, 6) is -0.117. The molecule has 0 N–H and O–H groups in total. The highest BCUT2D eigenvalue weighted by Crippen LogP contribution is 2.04. The zero-order valence-electron chi connectivity index (χ0n) is 9.91. The number of rotatable bonds is 8. The Kier molecular flexibility index (Phi) is 8.97. The van der Waals surface area contributed by atoms with Gasteiger partial charge in [-0.25, -0.2) is 0 Å². The minimum absolute atomic E-state index is 0.117. The second-order valence-electron chi connectivity index (χ2n) is 3.40. The second-order valence-corrected chi connectivity index (χ2v) is 4.05. The van der Waals surface area contributed by atoms with Gasteiger partial charge >= 0.3 is 0 Å². The molecule has 0 saturated heterocycles. The fraction of sp³-hybridized carbons (Fsp3) is 0.818. The van der Waals surface area contributed by atoms with Crippen LogP contribution >= 0.6 is 11.6 Å². The molecule has 0 aliphatic carbocycles. The van der Waals surface area contributed by atoms with E-state index >= 15 is 0 Å². The van der Waals surface area contributed by atoms with Gasteiger partial charge in [-0.2, -0.15) is 5.26 Å². The second kappa shape index (κ2) is 9.44. The van der Waals surface area contributed by atoms with Gasteiger partial charge in [-0.3, -0.25) is 4.79 Å². The quantitative estimate of drug-likeness (QED) is 0.485. The molecule has 0 aliphatic heterocycles. The number of hydrogen-bond donors (Lipinski definition) is 0. The summed E-state index contributed by atoms with van der Waals surface area (Å²) >= 11 is 5.74. The minimum Gasteiger partial charge on any atom is -0.382 e. The molecule has 0 aromatic carbocycles. The summed E-state index contributed by atoms with van der Waals surface area (Å²) in [6, 6.07) is 2.03. The first-order chi connectivity index (χ1) is 7.63. The Hall–Kier alpha value is -0.790. The molecular formula is C11H19ClN2O2. The lowest BCUT2D eigenvalue weighted by Gasteiger charge is -2.22. The molecule has 1 amide bonds. The Morgan fingerprint density at radius 1 is 1.56 bits per heavy atom. The van der Waals surface area contributed by atoms with Crippen molar-refractivity contribution in [1.82, 2.24) is 4.90 Å². The van der Waals surface area contributed by atoms with Crippen LogP contribution in [0.4, 0.5) is 0 Å². The smallest absolute Gasteiger partial charge is 0.240 e. The summed E-state index contributed by atoms with van der Waals surface area (Å²) in [6.45, 7) is 5.92. The molecule has 0 aliphatic rings. The van der Waals surface area contributed by atoms with Crippen LogP contribution < -0.4 is 0 Å². The Balaban J connectivity index is 4.01. The van der Waals surface area contributed by atoms with Gasteiger partial charge in [0.25, 0.3) is 0 Å². The van der Waals surface area contributed by atoms with Gasteiger partial charge in [0.2, 0.25) is 5.91 Å². The van der Waals surface area contributed by atoms with Gasteiger partial charge in [0.1, 0.15) is 5.38 Å². The molecule has 1 atom stereocenters. The lowest BCUT2D eigenvalue weighted by atomic mass is 10.3. The molecule has 0 saturated carbocycles. The van der Waals surface area contributed by atoms with E-state index in [0.717, 1.165) is 6.42 Å². The van der Waals surface area contributed by atoms with E-state index in [-0.39, 0.29) is 5.91 Å². The predicted octanol–water partition coefficient (Wildman–Crippen LogP) is 1.78. The highest BCUT2D eigenvalue weighted by Gasteiger charge is 2.17.